The van der Waals surface area contributed by atoms with E-state index in [1.165, 1.54) is 6.08 Å². The molecule has 0 aromatic carbocycles. The van der Waals surface area contributed by atoms with Crippen molar-refractivity contribution < 1.29 is 4.79 Å². The molecule has 4 heteroatoms. The average molecular weight is 179 g/mol. The molecule has 0 saturated heterocycles. The van der Waals surface area contributed by atoms with Gasteiger partial charge in [-0.25, -0.2) is 4.79 Å². The first-order valence-electron chi connectivity index (χ1n) is 4.07. The monoisotopic (exact) mass is 179 g/mol. The van der Waals surface area contributed by atoms with Crippen molar-refractivity contribution in [1.29, 1.82) is 0 Å². The molecule has 1 rings (SSSR count). The fourth-order valence-electron chi connectivity index (χ4n) is 1.14. The highest BCUT2D eigenvalue weighted by atomic mass is 16.1. The topological polar surface area (TPSA) is 47.2 Å². The minimum absolute atomic E-state index is 0.0516. The lowest BCUT2D eigenvalue weighted by Gasteiger charge is -2.16. The largest absolute Gasteiger partial charge is 0.250 e. The highest BCUT2D eigenvalue weighted by Crippen LogP contribution is 2.30. The zero-order valence-corrected chi connectivity index (χ0v) is 8.33. The van der Waals surface area contributed by atoms with Crippen LogP contribution in [0.3, 0.4) is 0 Å². The smallest absolute Gasteiger partial charge is 0.242 e. The summed E-state index contributed by atoms with van der Waals surface area (Å²) in [4.78, 5) is 13.8. The van der Waals surface area contributed by atoms with E-state index in [-0.39, 0.29) is 5.41 Å². The van der Waals surface area contributed by atoms with Crippen molar-refractivity contribution in [2.45, 2.75) is 26.2 Å². The van der Waals surface area contributed by atoms with E-state index < -0.39 is 0 Å². The van der Waals surface area contributed by atoms with Gasteiger partial charge in [0, 0.05) is 12.6 Å². The van der Waals surface area contributed by atoms with Crippen molar-refractivity contribution in [3.05, 3.63) is 11.8 Å². The van der Waals surface area contributed by atoms with E-state index in [9.17, 15) is 4.79 Å². The molecule has 1 aromatic rings. The standard InChI is InChI=1S/C9H13N3O/c1-9(2,3)7-5-11-12(4)8(7)10-6-13/h5H,1-4H3. The van der Waals surface area contributed by atoms with Gasteiger partial charge < -0.3 is 0 Å². The van der Waals surface area contributed by atoms with Crippen LogP contribution in [-0.4, -0.2) is 15.9 Å². The van der Waals surface area contributed by atoms with Crippen LogP contribution in [0.15, 0.2) is 11.2 Å². The first kappa shape index (κ1) is 9.68. The summed E-state index contributed by atoms with van der Waals surface area (Å²) in [5.74, 6) is 0.586. The van der Waals surface area contributed by atoms with Gasteiger partial charge >= 0.3 is 0 Å². The lowest BCUT2D eigenvalue weighted by Crippen LogP contribution is -2.10. The third-order valence-electron chi connectivity index (χ3n) is 1.87. The summed E-state index contributed by atoms with van der Waals surface area (Å²) in [6.45, 7) is 6.15. The molecule has 0 amide bonds. The minimum Gasteiger partial charge on any atom is -0.250 e. The zero-order chi connectivity index (χ0) is 10.1. The quantitative estimate of drug-likeness (QED) is 0.486. The highest BCUT2D eigenvalue weighted by molar-refractivity contribution is 5.50. The number of carbonyl (C=O) groups excluding carboxylic acids is 1. The van der Waals surface area contributed by atoms with Crippen LogP contribution in [0.1, 0.15) is 26.3 Å². The second-order valence-corrected chi connectivity index (χ2v) is 3.96. The van der Waals surface area contributed by atoms with Crippen LogP contribution < -0.4 is 0 Å². The number of hydrogen-bond donors (Lipinski definition) is 0. The van der Waals surface area contributed by atoms with Crippen LogP contribution >= 0.6 is 0 Å². The fourth-order valence-corrected chi connectivity index (χ4v) is 1.14. The number of nitrogens with zero attached hydrogens (tertiary/aromatic N) is 3. The zero-order valence-electron chi connectivity index (χ0n) is 8.33. The lowest BCUT2D eigenvalue weighted by molar-refractivity contribution is 0.563. The second-order valence-electron chi connectivity index (χ2n) is 3.96. The number of aromatic nitrogens is 2. The number of aliphatic imine (C=N–C) groups is 1. The highest BCUT2D eigenvalue weighted by Gasteiger charge is 2.21. The van der Waals surface area contributed by atoms with E-state index in [0.717, 1.165) is 5.56 Å². The van der Waals surface area contributed by atoms with E-state index >= 15 is 0 Å². The predicted molar refractivity (Wildman–Crippen MR) is 49.7 cm³/mol. The molecule has 70 valence electrons. The SMILES string of the molecule is Cn1ncc(C(C)(C)C)c1N=C=O. The van der Waals surface area contributed by atoms with Gasteiger partial charge in [-0.1, -0.05) is 20.8 Å². The summed E-state index contributed by atoms with van der Waals surface area (Å²) in [7, 11) is 1.76. The summed E-state index contributed by atoms with van der Waals surface area (Å²) in [6.07, 6.45) is 3.27. The molecule has 0 unspecified atom stereocenters. The molecule has 13 heavy (non-hydrogen) atoms. The van der Waals surface area contributed by atoms with Gasteiger partial charge in [-0.2, -0.15) is 5.10 Å². The maximum atomic E-state index is 10.2. The Hall–Kier alpha value is -1.41. The van der Waals surface area contributed by atoms with Gasteiger partial charge in [-0.3, -0.25) is 4.68 Å². The Bertz CT molecular complexity index is 353. The van der Waals surface area contributed by atoms with Gasteiger partial charge in [0.15, 0.2) is 5.82 Å². The van der Waals surface area contributed by atoms with Gasteiger partial charge in [0.2, 0.25) is 6.08 Å². The number of isocyanates is 1. The molecule has 0 saturated carbocycles. The summed E-state index contributed by atoms with van der Waals surface area (Å²) in [6, 6.07) is 0. The van der Waals surface area contributed by atoms with Crippen molar-refractivity contribution in [3.8, 4) is 0 Å². The van der Waals surface area contributed by atoms with Crippen LogP contribution in [0.4, 0.5) is 5.82 Å². The molecule has 0 aliphatic carbocycles. The maximum absolute atomic E-state index is 10.2. The minimum atomic E-state index is -0.0516. The Morgan fingerprint density at radius 2 is 2.15 bits per heavy atom. The van der Waals surface area contributed by atoms with E-state index in [4.69, 9.17) is 0 Å². The summed E-state index contributed by atoms with van der Waals surface area (Å²) in [5.41, 5.74) is 0.905. The number of rotatable bonds is 1. The molecule has 0 radical (unpaired) electrons. The van der Waals surface area contributed by atoms with Crippen molar-refractivity contribution in [2.75, 3.05) is 0 Å². The van der Waals surface area contributed by atoms with Crippen molar-refractivity contribution in [3.63, 3.8) is 0 Å². The van der Waals surface area contributed by atoms with E-state index in [2.05, 4.69) is 10.1 Å². The van der Waals surface area contributed by atoms with Gasteiger partial charge in [-0.15, -0.1) is 4.99 Å². The first-order chi connectivity index (χ1) is 5.96. The molecule has 1 heterocycles. The molecule has 0 spiro atoms. The molecular weight excluding hydrogens is 166 g/mol. The fraction of sp³-hybridized carbons (Fsp3) is 0.556. The third kappa shape index (κ3) is 1.84. The molecule has 0 aliphatic heterocycles. The second kappa shape index (κ2) is 3.15. The molecule has 4 nitrogen and oxygen atoms in total. The summed E-state index contributed by atoms with van der Waals surface area (Å²) >= 11 is 0. The molecule has 0 N–H and O–H groups in total. The molecule has 0 fully saturated rings. The van der Waals surface area contributed by atoms with Gasteiger partial charge in [0.25, 0.3) is 0 Å². The van der Waals surface area contributed by atoms with Crippen LogP contribution in [-0.2, 0) is 17.3 Å². The first-order valence-corrected chi connectivity index (χ1v) is 4.07. The maximum Gasteiger partial charge on any atom is 0.242 e. The van der Waals surface area contributed by atoms with E-state index in [0.29, 0.717) is 5.82 Å². The third-order valence-corrected chi connectivity index (χ3v) is 1.87. The Balaban J connectivity index is 3.30. The van der Waals surface area contributed by atoms with Gasteiger partial charge in [0.05, 0.1) is 6.20 Å². The Morgan fingerprint density at radius 3 is 2.62 bits per heavy atom. The molecular formula is C9H13N3O. The Labute approximate surface area is 77.3 Å². The lowest BCUT2D eigenvalue weighted by atomic mass is 9.89. The average Bonchev–Trinajstić information content (AvgIpc) is 2.32. The van der Waals surface area contributed by atoms with Crippen LogP contribution in [0.2, 0.25) is 0 Å². The van der Waals surface area contributed by atoms with Crippen molar-refractivity contribution in [1.82, 2.24) is 9.78 Å². The Morgan fingerprint density at radius 1 is 1.54 bits per heavy atom. The summed E-state index contributed by atoms with van der Waals surface area (Å²) < 4.78 is 1.57. The van der Waals surface area contributed by atoms with Crippen LogP contribution in [0.5, 0.6) is 0 Å². The van der Waals surface area contributed by atoms with E-state index in [1.807, 2.05) is 20.8 Å². The van der Waals surface area contributed by atoms with E-state index in [1.54, 1.807) is 17.9 Å². The summed E-state index contributed by atoms with van der Waals surface area (Å²) in [5, 5.41) is 4.05. The van der Waals surface area contributed by atoms with Crippen LogP contribution in [0, 0.1) is 0 Å². The normalized spacial score (nSPS) is 11.1. The predicted octanol–water partition coefficient (Wildman–Crippen LogP) is 1.68. The molecule has 0 bridgehead atoms. The van der Waals surface area contributed by atoms with Crippen molar-refractivity contribution in [2.24, 2.45) is 12.0 Å². The van der Waals surface area contributed by atoms with Crippen molar-refractivity contribution >= 4 is 11.9 Å². The molecule has 1 aromatic heterocycles. The van der Waals surface area contributed by atoms with Gasteiger partial charge in [-0.05, 0) is 5.41 Å². The molecule has 0 aliphatic rings. The number of hydrogen-bond acceptors (Lipinski definition) is 3. The molecule has 0 atom stereocenters. The van der Waals surface area contributed by atoms with Crippen LogP contribution in [0.25, 0.3) is 0 Å². The van der Waals surface area contributed by atoms with Gasteiger partial charge in [0.1, 0.15) is 0 Å². The number of aryl methyl sites for hydroxylation is 1. The Kier molecular flexibility index (Phi) is 2.34.